The molecule has 3 fully saturated rings. The summed E-state index contributed by atoms with van der Waals surface area (Å²) < 4.78 is 11.8. The molecule has 1 aliphatic heterocycles. The van der Waals surface area contributed by atoms with Crippen LogP contribution in [0, 0.1) is 11.8 Å². The summed E-state index contributed by atoms with van der Waals surface area (Å²) in [6.07, 6.45) is 3.82. The van der Waals surface area contributed by atoms with Gasteiger partial charge in [-0.2, -0.15) is 0 Å². The van der Waals surface area contributed by atoms with Gasteiger partial charge in [0.2, 0.25) is 5.91 Å². The van der Waals surface area contributed by atoms with Gasteiger partial charge in [0, 0.05) is 36.2 Å². The van der Waals surface area contributed by atoms with Gasteiger partial charge in [0.05, 0.1) is 13.2 Å². The molecule has 3 aliphatic rings. The number of nitrogens with one attached hydrogen (secondary N) is 2. The molecule has 2 bridgehead atoms. The molecule has 5 nitrogen and oxygen atoms in total. The lowest BCUT2D eigenvalue weighted by molar-refractivity contribution is -0.190. The highest BCUT2D eigenvalue weighted by Crippen LogP contribution is 2.55. The molecule has 124 valence electrons. The molecule has 5 heteroatoms. The van der Waals surface area contributed by atoms with Crippen LogP contribution in [0.15, 0.2) is 24.3 Å². The van der Waals surface area contributed by atoms with Crippen molar-refractivity contribution < 1.29 is 14.3 Å². The zero-order valence-electron chi connectivity index (χ0n) is 13.5. The number of hydrogen-bond donors (Lipinski definition) is 2. The summed E-state index contributed by atoms with van der Waals surface area (Å²) in [7, 11) is 0. The Bertz CT molecular complexity index is 580. The van der Waals surface area contributed by atoms with E-state index < -0.39 is 0 Å². The minimum atomic E-state index is -0.267. The quantitative estimate of drug-likeness (QED) is 0.896. The van der Waals surface area contributed by atoms with Crippen LogP contribution in [0.25, 0.3) is 0 Å². The van der Waals surface area contributed by atoms with E-state index in [4.69, 9.17) is 9.47 Å². The topological polar surface area (TPSA) is 59.6 Å². The van der Waals surface area contributed by atoms with Crippen molar-refractivity contribution in [3.05, 3.63) is 24.3 Å². The van der Waals surface area contributed by atoms with Gasteiger partial charge in [-0.1, -0.05) is 6.92 Å². The van der Waals surface area contributed by atoms with Crippen molar-refractivity contribution in [1.29, 1.82) is 0 Å². The first-order valence-electron chi connectivity index (χ1n) is 8.63. The highest BCUT2D eigenvalue weighted by atomic mass is 16.7. The second-order valence-corrected chi connectivity index (χ2v) is 6.87. The largest absolute Gasteiger partial charge is 0.382 e. The van der Waals surface area contributed by atoms with Gasteiger partial charge in [0.15, 0.2) is 5.79 Å². The Hall–Kier alpha value is -1.59. The Labute approximate surface area is 136 Å². The van der Waals surface area contributed by atoms with Crippen LogP contribution in [0.5, 0.6) is 0 Å². The van der Waals surface area contributed by atoms with Gasteiger partial charge in [-0.25, -0.2) is 0 Å². The molecule has 2 saturated carbocycles. The number of anilines is 2. The van der Waals surface area contributed by atoms with Crippen molar-refractivity contribution in [2.45, 2.75) is 44.4 Å². The third-order valence-electron chi connectivity index (χ3n) is 5.48. The van der Waals surface area contributed by atoms with E-state index in [0.29, 0.717) is 24.3 Å². The van der Waals surface area contributed by atoms with E-state index in [9.17, 15) is 4.79 Å². The van der Waals surface area contributed by atoms with Crippen molar-refractivity contribution in [2.75, 3.05) is 23.8 Å². The summed E-state index contributed by atoms with van der Waals surface area (Å²) in [6, 6.07) is 8.47. The SMILES string of the molecule is CCC(=O)Nc1ccc(NC2C[C@@H]3C[C@H]2CC32OCCO2)cc1. The van der Waals surface area contributed by atoms with Gasteiger partial charge >= 0.3 is 0 Å². The lowest BCUT2D eigenvalue weighted by Crippen LogP contribution is -2.41. The Morgan fingerprint density at radius 3 is 2.48 bits per heavy atom. The van der Waals surface area contributed by atoms with E-state index in [2.05, 4.69) is 10.6 Å². The Morgan fingerprint density at radius 2 is 1.87 bits per heavy atom. The zero-order chi connectivity index (χ0) is 15.9. The van der Waals surface area contributed by atoms with Gasteiger partial charge in [-0.3, -0.25) is 4.79 Å². The second-order valence-electron chi connectivity index (χ2n) is 6.87. The molecular weight excluding hydrogens is 292 g/mol. The number of carbonyl (C=O) groups excluding carboxylic acids is 1. The molecule has 1 spiro atoms. The maximum absolute atomic E-state index is 11.4. The number of ether oxygens (including phenoxy) is 2. The molecule has 1 aromatic rings. The monoisotopic (exact) mass is 316 g/mol. The number of hydrogen-bond acceptors (Lipinski definition) is 4. The van der Waals surface area contributed by atoms with Crippen molar-refractivity contribution in [1.82, 2.24) is 0 Å². The fraction of sp³-hybridized carbons (Fsp3) is 0.611. The molecule has 1 aromatic carbocycles. The van der Waals surface area contributed by atoms with E-state index in [0.717, 1.165) is 37.4 Å². The Balaban J connectivity index is 1.36. The first-order chi connectivity index (χ1) is 11.2. The van der Waals surface area contributed by atoms with Crippen molar-refractivity contribution >= 4 is 17.3 Å². The number of rotatable bonds is 4. The summed E-state index contributed by atoms with van der Waals surface area (Å²) in [5.41, 5.74) is 1.96. The van der Waals surface area contributed by atoms with Crippen LogP contribution in [0.4, 0.5) is 11.4 Å². The second kappa shape index (κ2) is 5.80. The Morgan fingerprint density at radius 1 is 1.17 bits per heavy atom. The molecule has 3 atom stereocenters. The molecule has 1 saturated heterocycles. The predicted octanol–water partition coefficient (Wildman–Crippen LogP) is 2.99. The lowest BCUT2D eigenvalue weighted by atomic mass is 9.90. The van der Waals surface area contributed by atoms with Crippen LogP contribution in [0.3, 0.4) is 0 Å². The highest BCUT2D eigenvalue weighted by molar-refractivity contribution is 5.90. The van der Waals surface area contributed by atoms with Crippen LogP contribution in [0.2, 0.25) is 0 Å². The van der Waals surface area contributed by atoms with Crippen LogP contribution in [-0.2, 0) is 14.3 Å². The summed E-state index contributed by atoms with van der Waals surface area (Å²) in [6.45, 7) is 3.34. The number of carbonyl (C=O) groups is 1. The van der Waals surface area contributed by atoms with Gasteiger partial charge in [-0.15, -0.1) is 0 Å². The standard InChI is InChI=1S/C18H24N2O3/c1-2-17(21)20-15-5-3-14(4-6-15)19-16-10-13-9-12(16)11-18(13)22-7-8-23-18/h3-6,12-13,16,19H,2,7-11H2,1H3,(H,20,21)/t12-,13-,16?/m0/s1. The molecule has 1 heterocycles. The molecule has 0 radical (unpaired) electrons. The van der Waals surface area contributed by atoms with Crippen LogP contribution >= 0.6 is 0 Å². The normalized spacial score (nSPS) is 30.7. The first-order valence-corrected chi connectivity index (χ1v) is 8.63. The van der Waals surface area contributed by atoms with Crippen molar-refractivity contribution in [2.24, 2.45) is 11.8 Å². The lowest BCUT2D eigenvalue weighted by Gasteiger charge is -2.35. The highest BCUT2D eigenvalue weighted by Gasteiger charge is 2.58. The maximum Gasteiger partial charge on any atom is 0.224 e. The van der Waals surface area contributed by atoms with Crippen LogP contribution in [0.1, 0.15) is 32.6 Å². The van der Waals surface area contributed by atoms with Crippen molar-refractivity contribution in [3.8, 4) is 0 Å². The van der Waals surface area contributed by atoms with Crippen molar-refractivity contribution in [3.63, 3.8) is 0 Å². The molecular formula is C18H24N2O3. The maximum atomic E-state index is 11.4. The van der Waals surface area contributed by atoms with Gasteiger partial charge < -0.3 is 20.1 Å². The number of benzene rings is 1. The molecule has 4 rings (SSSR count). The molecule has 1 unspecified atom stereocenters. The van der Waals surface area contributed by atoms with Gasteiger partial charge in [0.25, 0.3) is 0 Å². The summed E-state index contributed by atoms with van der Waals surface area (Å²) >= 11 is 0. The number of fused-ring (bicyclic) bond motifs is 3. The van der Waals surface area contributed by atoms with E-state index in [1.807, 2.05) is 31.2 Å². The fourth-order valence-electron chi connectivity index (χ4n) is 4.36. The van der Waals surface area contributed by atoms with E-state index in [1.165, 1.54) is 6.42 Å². The van der Waals surface area contributed by atoms with Crippen LogP contribution in [-0.4, -0.2) is 30.9 Å². The minimum Gasteiger partial charge on any atom is -0.382 e. The molecule has 2 N–H and O–H groups in total. The summed E-state index contributed by atoms with van der Waals surface area (Å²) in [5, 5.41) is 6.52. The smallest absolute Gasteiger partial charge is 0.224 e. The van der Waals surface area contributed by atoms with E-state index >= 15 is 0 Å². The van der Waals surface area contributed by atoms with E-state index in [1.54, 1.807) is 0 Å². The molecule has 23 heavy (non-hydrogen) atoms. The van der Waals surface area contributed by atoms with E-state index in [-0.39, 0.29) is 11.7 Å². The summed E-state index contributed by atoms with van der Waals surface area (Å²) in [4.78, 5) is 11.4. The third kappa shape index (κ3) is 2.72. The van der Waals surface area contributed by atoms with Gasteiger partial charge in [0.1, 0.15) is 0 Å². The molecule has 2 aliphatic carbocycles. The Kier molecular flexibility index (Phi) is 3.77. The summed E-state index contributed by atoms with van der Waals surface area (Å²) in [5.74, 6) is 0.922. The van der Waals surface area contributed by atoms with Crippen LogP contribution < -0.4 is 10.6 Å². The predicted molar refractivity (Wildman–Crippen MR) is 88.2 cm³/mol. The van der Waals surface area contributed by atoms with Gasteiger partial charge in [-0.05, 0) is 43.0 Å². The molecule has 1 amide bonds. The fourth-order valence-corrected chi connectivity index (χ4v) is 4.36. The zero-order valence-corrected chi connectivity index (χ0v) is 13.5. The number of amides is 1. The average molecular weight is 316 g/mol. The minimum absolute atomic E-state index is 0.0423. The molecule has 0 aromatic heterocycles. The first kappa shape index (κ1) is 15.0. The average Bonchev–Trinajstić information content (AvgIpc) is 3.26. The third-order valence-corrected chi connectivity index (χ3v) is 5.48.